The van der Waals surface area contributed by atoms with Gasteiger partial charge < -0.3 is 14.8 Å². The van der Waals surface area contributed by atoms with Gasteiger partial charge >= 0.3 is 0 Å². The van der Waals surface area contributed by atoms with Crippen LogP contribution in [-0.2, 0) is 9.59 Å². The summed E-state index contributed by atoms with van der Waals surface area (Å²) >= 11 is 1.63. The summed E-state index contributed by atoms with van der Waals surface area (Å²) in [6.45, 7) is 5.49. The number of carbonyl (C=O) groups is 2. The lowest BCUT2D eigenvalue weighted by Gasteiger charge is -2.32. The highest BCUT2D eigenvalue weighted by molar-refractivity contribution is 8.00. The maximum absolute atomic E-state index is 12.6. The number of amides is 2. The fourth-order valence-electron chi connectivity index (χ4n) is 4.26. The van der Waals surface area contributed by atoms with Crippen LogP contribution in [0.15, 0.2) is 24.3 Å². The highest BCUT2D eigenvalue weighted by Crippen LogP contribution is 2.29. The summed E-state index contributed by atoms with van der Waals surface area (Å²) < 4.78 is 0. The molecule has 3 heterocycles. The Hall–Kier alpha value is -2.02. The van der Waals surface area contributed by atoms with Crippen molar-refractivity contribution in [2.75, 3.05) is 31.9 Å². The van der Waals surface area contributed by atoms with Gasteiger partial charge in [0, 0.05) is 32.6 Å². The molecule has 156 valence electrons. The summed E-state index contributed by atoms with van der Waals surface area (Å²) in [5.41, 5.74) is 2.00. The first-order chi connectivity index (χ1) is 14.1. The number of fused-ring (bicyclic) bond motifs is 1. The van der Waals surface area contributed by atoms with E-state index in [2.05, 4.69) is 16.9 Å². The zero-order chi connectivity index (χ0) is 20.2. The first kappa shape index (κ1) is 20.3. The number of imidazole rings is 1. The van der Waals surface area contributed by atoms with E-state index in [4.69, 9.17) is 0 Å². The molecule has 1 aromatic carbocycles. The molecule has 1 N–H and O–H groups in total. The highest BCUT2D eigenvalue weighted by atomic mass is 32.2. The molecule has 4 rings (SSSR count). The zero-order valence-electron chi connectivity index (χ0n) is 17.1. The summed E-state index contributed by atoms with van der Waals surface area (Å²) in [5.74, 6) is 2.32. The molecular formula is C22H30N4O2S. The lowest BCUT2D eigenvalue weighted by molar-refractivity contribution is -0.132. The van der Waals surface area contributed by atoms with Gasteiger partial charge in [0.2, 0.25) is 11.8 Å². The van der Waals surface area contributed by atoms with Crippen molar-refractivity contribution >= 4 is 34.6 Å². The molecule has 0 saturated carbocycles. The molecule has 2 aromatic rings. The number of piperidine rings is 1. The van der Waals surface area contributed by atoms with Crippen LogP contribution in [0.4, 0.5) is 0 Å². The number of hydrogen-bond acceptors (Lipinski definition) is 4. The van der Waals surface area contributed by atoms with Gasteiger partial charge in [0.15, 0.2) is 0 Å². The molecule has 7 heteroatoms. The van der Waals surface area contributed by atoms with E-state index >= 15 is 0 Å². The Kier molecular flexibility index (Phi) is 6.43. The number of benzene rings is 1. The first-order valence-corrected chi connectivity index (χ1v) is 11.8. The van der Waals surface area contributed by atoms with Crippen LogP contribution in [0.5, 0.6) is 0 Å². The van der Waals surface area contributed by atoms with Gasteiger partial charge in [0.25, 0.3) is 0 Å². The molecule has 0 bridgehead atoms. The van der Waals surface area contributed by atoms with Crippen LogP contribution in [-0.4, -0.2) is 63.5 Å². The third-order valence-corrected chi connectivity index (χ3v) is 7.28. The lowest BCUT2D eigenvalue weighted by Crippen LogP contribution is -2.40. The van der Waals surface area contributed by atoms with Crippen LogP contribution in [0.25, 0.3) is 11.0 Å². The molecule has 2 saturated heterocycles. The van der Waals surface area contributed by atoms with Crippen molar-refractivity contribution in [2.24, 2.45) is 5.92 Å². The largest absolute Gasteiger partial charge is 0.343 e. The third-order valence-electron chi connectivity index (χ3n) is 6.14. The Morgan fingerprint density at radius 1 is 1.10 bits per heavy atom. The molecule has 1 aromatic heterocycles. The van der Waals surface area contributed by atoms with Crippen molar-refractivity contribution in [1.29, 1.82) is 0 Å². The van der Waals surface area contributed by atoms with E-state index in [1.54, 1.807) is 11.8 Å². The highest BCUT2D eigenvalue weighted by Gasteiger charge is 2.27. The first-order valence-electron chi connectivity index (χ1n) is 10.7. The Morgan fingerprint density at radius 2 is 1.79 bits per heavy atom. The van der Waals surface area contributed by atoms with Gasteiger partial charge in [-0.2, -0.15) is 0 Å². The Bertz CT molecular complexity index is 820. The summed E-state index contributed by atoms with van der Waals surface area (Å²) in [4.78, 5) is 36.9. The fourth-order valence-corrected chi connectivity index (χ4v) is 5.11. The number of thioether (sulfide) groups is 1. The summed E-state index contributed by atoms with van der Waals surface area (Å²) in [6.07, 6.45) is 4.82. The van der Waals surface area contributed by atoms with E-state index in [1.165, 1.54) is 0 Å². The SMILES string of the molecule is CC(SCC(=O)N1CCC(CC(=O)N2CCCC2)CC1)c1nc2ccccc2[nH]1. The Morgan fingerprint density at radius 3 is 2.52 bits per heavy atom. The standard InChI is InChI=1S/C22H30N4O2S/c1-16(22-23-18-6-2-3-7-19(18)24-22)29-15-21(28)26-12-8-17(9-13-26)14-20(27)25-10-4-5-11-25/h2-3,6-7,16-17H,4-5,8-15H2,1H3,(H,23,24). The van der Waals surface area contributed by atoms with Crippen molar-refractivity contribution < 1.29 is 9.59 Å². The van der Waals surface area contributed by atoms with Crippen LogP contribution in [0.1, 0.15) is 50.1 Å². The summed E-state index contributed by atoms with van der Waals surface area (Å²) in [5, 5.41) is 0.141. The van der Waals surface area contributed by atoms with Gasteiger partial charge in [-0.3, -0.25) is 9.59 Å². The van der Waals surface area contributed by atoms with Gasteiger partial charge in [-0.25, -0.2) is 4.98 Å². The molecule has 29 heavy (non-hydrogen) atoms. The Balaban J connectivity index is 1.21. The second kappa shape index (κ2) is 9.20. The zero-order valence-corrected chi connectivity index (χ0v) is 17.9. The molecule has 2 fully saturated rings. The van der Waals surface area contributed by atoms with Gasteiger partial charge in [0.05, 0.1) is 22.0 Å². The normalized spacial score (nSPS) is 19.1. The number of aromatic amines is 1. The van der Waals surface area contributed by atoms with Crippen LogP contribution in [0.2, 0.25) is 0 Å². The number of nitrogens with one attached hydrogen (secondary N) is 1. The predicted molar refractivity (Wildman–Crippen MR) is 117 cm³/mol. The second-order valence-electron chi connectivity index (χ2n) is 8.21. The number of carbonyl (C=O) groups excluding carboxylic acids is 2. The molecule has 0 aliphatic carbocycles. The minimum atomic E-state index is 0.141. The van der Waals surface area contributed by atoms with Crippen LogP contribution >= 0.6 is 11.8 Å². The molecular weight excluding hydrogens is 384 g/mol. The number of aromatic nitrogens is 2. The Labute approximate surface area is 176 Å². The number of likely N-dealkylation sites (tertiary alicyclic amines) is 2. The van der Waals surface area contributed by atoms with E-state index in [0.717, 1.165) is 68.7 Å². The molecule has 6 nitrogen and oxygen atoms in total. The van der Waals surface area contributed by atoms with E-state index in [9.17, 15) is 9.59 Å². The smallest absolute Gasteiger partial charge is 0.232 e. The maximum Gasteiger partial charge on any atom is 0.232 e. The molecule has 0 spiro atoms. The van der Waals surface area contributed by atoms with Crippen LogP contribution < -0.4 is 0 Å². The lowest BCUT2D eigenvalue weighted by atomic mass is 9.93. The predicted octanol–water partition coefficient (Wildman–Crippen LogP) is 3.61. The summed E-state index contributed by atoms with van der Waals surface area (Å²) in [7, 11) is 0. The van der Waals surface area contributed by atoms with Crippen LogP contribution in [0, 0.1) is 5.92 Å². The van der Waals surface area contributed by atoms with Crippen molar-refractivity contribution in [3.05, 3.63) is 30.1 Å². The monoisotopic (exact) mass is 414 g/mol. The minimum absolute atomic E-state index is 0.141. The van der Waals surface area contributed by atoms with Crippen molar-refractivity contribution in [2.45, 2.75) is 44.3 Å². The van der Waals surface area contributed by atoms with Crippen molar-refractivity contribution in [3.63, 3.8) is 0 Å². The molecule has 2 aliphatic rings. The van der Waals surface area contributed by atoms with E-state index in [1.807, 2.05) is 34.1 Å². The van der Waals surface area contributed by atoms with E-state index in [0.29, 0.717) is 24.0 Å². The van der Waals surface area contributed by atoms with Gasteiger partial charge in [0.1, 0.15) is 5.82 Å². The molecule has 1 unspecified atom stereocenters. The number of para-hydroxylation sites is 2. The second-order valence-corrected chi connectivity index (χ2v) is 9.54. The quantitative estimate of drug-likeness (QED) is 0.784. The van der Waals surface area contributed by atoms with E-state index in [-0.39, 0.29) is 11.2 Å². The van der Waals surface area contributed by atoms with Gasteiger partial charge in [-0.15, -0.1) is 11.8 Å². The van der Waals surface area contributed by atoms with Crippen LogP contribution in [0.3, 0.4) is 0 Å². The third kappa shape index (κ3) is 4.94. The fraction of sp³-hybridized carbons (Fsp3) is 0.591. The number of rotatable bonds is 6. The summed E-state index contributed by atoms with van der Waals surface area (Å²) in [6, 6.07) is 7.99. The number of nitrogens with zero attached hydrogens (tertiary/aromatic N) is 3. The molecule has 2 amide bonds. The molecule has 2 aliphatic heterocycles. The average Bonchev–Trinajstić information content (AvgIpc) is 3.42. The minimum Gasteiger partial charge on any atom is -0.343 e. The van der Waals surface area contributed by atoms with Crippen molar-refractivity contribution in [3.8, 4) is 0 Å². The van der Waals surface area contributed by atoms with E-state index < -0.39 is 0 Å². The number of hydrogen-bond donors (Lipinski definition) is 1. The number of H-pyrrole nitrogens is 1. The topological polar surface area (TPSA) is 69.3 Å². The molecule has 0 radical (unpaired) electrons. The van der Waals surface area contributed by atoms with Crippen molar-refractivity contribution in [1.82, 2.24) is 19.8 Å². The average molecular weight is 415 g/mol. The van der Waals surface area contributed by atoms with Gasteiger partial charge in [-0.05, 0) is 50.7 Å². The maximum atomic E-state index is 12.6. The van der Waals surface area contributed by atoms with Gasteiger partial charge in [-0.1, -0.05) is 12.1 Å². The molecule has 1 atom stereocenters.